The van der Waals surface area contributed by atoms with Crippen LogP contribution in [-0.4, -0.2) is 9.55 Å². The standard InChI is InChI=1S/C12H12FIN2/c1-8(2)12-15-11(14)7-16(12)10-5-3-9(13)4-6-10/h3-8H,1-2H3. The molecule has 4 heteroatoms. The molecule has 0 aliphatic heterocycles. The van der Waals surface area contributed by atoms with E-state index in [9.17, 15) is 4.39 Å². The van der Waals surface area contributed by atoms with Crippen molar-refractivity contribution in [3.05, 3.63) is 45.8 Å². The van der Waals surface area contributed by atoms with Gasteiger partial charge in [-0.15, -0.1) is 0 Å². The molecule has 0 N–H and O–H groups in total. The number of imidazole rings is 1. The van der Waals surface area contributed by atoms with E-state index in [0.717, 1.165) is 15.2 Å². The van der Waals surface area contributed by atoms with Crippen molar-refractivity contribution < 1.29 is 4.39 Å². The van der Waals surface area contributed by atoms with E-state index < -0.39 is 0 Å². The number of rotatable bonds is 2. The number of aromatic nitrogens is 2. The van der Waals surface area contributed by atoms with Gasteiger partial charge in [0.25, 0.3) is 0 Å². The van der Waals surface area contributed by atoms with Crippen LogP contribution in [0.4, 0.5) is 4.39 Å². The highest BCUT2D eigenvalue weighted by atomic mass is 127. The first-order valence-corrected chi connectivity index (χ1v) is 6.16. The minimum absolute atomic E-state index is 0.218. The van der Waals surface area contributed by atoms with Crippen LogP contribution >= 0.6 is 22.6 Å². The number of hydrogen-bond acceptors (Lipinski definition) is 1. The fourth-order valence-corrected chi connectivity index (χ4v) is 2.11. The largest absolute Gasteiger partial charge is 0.302 e. The van der Waals surface area contributed by atoms with Gasteiger partial charge in [-0.05, 0) is 46.9 Å². The van der Waals surface area contributed by atoms with Gasteiger partial charge in [-0.3, -0.25) is 0 Å². The average molecular weight is 330 g/mol. The Bertz CT molecular complexity index is 488. The van der Waals surface area contributed by atoms with Gasteiger partial charge in [0.1, 0.15) is 15.3 Å². The summed E-state index contributed by atoms with van der Waals surface area (Å²) in [6, 6.07) is 6.45. The summed E-state index contributed by atoms with van der Waals surface area (Å²) in [5.74, 6) is 1.12. The van der Waals surface area contributed by atoms with Crippen LogP contribution < -0.4 is 0 Å². The minimum atomic E-state index is -0.218. The van der Waals surface area contributed by atoms with E-state index in [4.69, 9.17) is 0 Å². The number of halogens is 2. The highest BCUT2D eigenvalue weighted by Gasteiger charge is 2.11. The molecular formula is C12H12FIN2. The molecular weight excluding hydrogens is 318 g/mol. The van der Waals surface area contributed by atoms with Crippen molar-refractivity contribution in [2.75, 3.05) is 0 Å². The van der Waals surface area contributed by atoms with Gasteiger partial charge >= 0.3 is 0 Å². The quantitative estimate of drug-likeness (QED) is 0.767. The molecule has 0 aliphatic carbocycles. The molecule has 1 aromatic carbocycles. The van der Waals surface area contributed by atoms with Gasteiger partial charge in [-0.25, -0.2) is 9.37 Å². The van der Waals surface area contributed by atoms with E-state index in [1.54, 1.807) is 12.1 Å². The molecule has 0 aliphatic rings. The molecule has 0 atom stereocenters. The third-order valence-electron chi connectivity index (χ3n) is 2.33. The average Bonchev–Trinajstić information content (AvgIpc) is 2.61. The third kappa shape index (κ3) is 2.26. The van der Waals surface area contributed by atoms with Gasteiger partial charge in [0.15, 0.2) is 0 Å². The first kappa shape index (κ1) is 11.6. The highest BCUT2D eigenvalue weighted by Crippen LogP contribution is 2.20. The Morgan fingerprint density at radius 2 is 1.88 bits per heavy atom. The Hall–Kier alpha value is -0.910. The van der Waals surface area contributed by atoms with Gasteiger partial charge in [-0.2, -0.15) is 0 Å². The lowest BCUT2D eigenvalue weighted by molar-refractivity contribution is 0.627. The van der Waals surface area contributed by atoms with Crippen molar-refractivity contribution in [3.8, 4) is 5.69 Å². The molecule has 1 aromatic heterocycles. The molecule has 0 spiro atoms. The monoisotopic (exact) mass is 330 g/mol. The highest BCUT2D eigenvalue weighted by molar-refractivity contribution is 14.1. The zero-order chi connectivity index (χ0) is 11.7. The number of benzene rings is 1. The van der Waals surface area contributed by atoms with Crippen molar-refractivity contribution >= 4 is 22.6 Å². The van der Waals surface area contributed by atoms with Crippen LogP contribution in [-0.2, 0) is 0 Å². The van der Waals surface area contributed by atoms with E-state index in [1.807, 2.05) is 10.8 Å². The van der Waals surface area contributed by atoms with Crippen molar-refractivity contribution in [2.24, 2.45) is 0 Å². The lowest BCUT2D eigenvalue weighted by atomic mass is 10.2. The normalized spacial score (nSPS) is 11.1. The molecule has 0 amide bonds. The summed E-state index contributed by atoms with van der Waals surface area (Å²) in [6.07, 6.45) is 1.96. The summed E-state index contributed by atoms with van der Waals surface area (Å²) >= 11 is 2.19. The number of hydrogen-bond donors (Lipinski definition) is 0. The predicted octanol–water partition coefficient (Wildman–Crippen LogP) is 3.74. The summed E-state index contributed by atoms with van der Waals surface area (Å²) in [7, 11) is 0. The van der Waals surface area contributed by atoms with Gasteiger partial charge in [0.05, 0.1) is 0 Å². The molecule has 0 radical (unpaired) electrons. The summed E-state index contributed by atoms with van der Waals surface area (Å²) in [5, 5.41) is 0. The van der Waals surface area contributed by atoms with Crippen LogP contribution in [0.1, 0.15) is 25.6 Å². The molecule has 0 bridgehead atoms. The first-order chi connectivity index (χ1) is 7.58. The van der Waals surface area contributed by atoms with Crippen LogP contribution in [0.3, 0.4) is 0 Å². The van der Waals surface area contributed by atoms with Crippen LogP contribution in [0.5, 0.6) is 0 Å². The Morgan fingerprint density at radius 1 is 1.25 bits per heavy atom. The third-order valence-corrected chi connectivity index (χ3v) is 2.84. The summed E-state index contributed by atoms with van der Waals surface area (Å²) in [6.45, 7) is 4.19. The smallest absolute Gasteiger partial charge is 0.123 e. The van der Waals surface area contributed by atoms with E-state index in [-0.39, 0.29) is 5.82 Å². The lowest BCUT2D eigenvalue weighted by Crippen LogP contribution is -2.02. The van der Waals surface area contributed by atoms with Gasteiger partial charge < -0.3 is 4.57 Å². The zero-order valence-electron chi connectivity index (χ0n) is 9.11. The fraction of sp³-hybridized carbons (Fsp3) is 0.250. The van der Waals surface area contributed by atoms with E-state index >= 15 is 0 Å². The van der Waals surface area contributed by atoms with Gasteiger partial charge in [-0.1, -0.05) is 13.8 Å². The molecule has 2 aromatic rings. The maximum atomic E-state index is 12.8. The van der Waals surface area contributed by atoms with Crippen LogP contribution in [0.2, 0.25) is 0 Å². The summed E-state index contributed by atoms with van der Waals surface area (Å²) in [5.41, 5.74) is 0.945. The van der Waals surface area contributed by atoms with E-state index in [1.165, 1.54) is 12.1 Å². The number of nitrogens with zero attached hydrogens (tertiary/aromatic N) is 2. The van der Waals surface area contributed by atoms with Crippen molar-refractivity contribution in [1.29, 1.82) is 0 Å². The topological polar surface area (TPSA) is 17.8 Å². The summed E-state index contributed by atoms with van der Waals surface area (Å²) in [4.78, 5) is 4.46. The molecule has 0 unspecified atom stereocenters. The van der Waals surface area contributed by atoms with Crippen LogP contribution in [0.15, 0.2) is 30.5 Å². The molecule has 84 valence electrons. The Balaban J connectivity index is 2.50. The van der Waals surface area contributed by atoms with Crippen LogP contribution in [0.25, 0.3) is 5.69 Å². The van der Waals surface area contributed by atoms with Gasteiger partial charge in [0.2, 0.25) is 0 Å². The molecule has 0 saturated carbocycles. The van der Waals surface area contributed by atoms with E-state index in [2.05, 4.69) is 41.4 Å². The van der Waals surface area contributed by atoms with Crippen LogP contribution in [0, 0.1) is 9.52 Å². The molecule has 0 fully saturated rings. The second kappa shape index (κ2) is 4.53. The molecule has 2 nitrogen and oxygen atoms in total. The van der Waals surface area contributed by atoms with E-state index in [0.29, 0.717) is 5.92 Å². The SMILES string of the molecule is CC(C)c1nc(I)cn1-c1ccc(F)cc1. The Labute approximate surface area is 108 Å². The maximum Gasteiger partial charge on any atom is 0.123 e. The first-order valence-electron chi connectivity index (χ1n) is 5.08. The molecule has 16 heavy (non-hydrogen) atoms. The minimum Gasteiger partial charge on any atom is -0.302 e. The van der Waals surface area contributed by atoms with Gasteiger partial charge in [0, 0.05) is 17.8 Å². The van der Waals surface area contributed by atoms with Crippen molar-refractivity contribution in [2.45, 2.75) is 19.8 Å². The second-order valence-corrected chi connectivity index (χ2v) is 5.03. The lowest BCUT2D eigenvalue weighted by Gasteiger charge is -2.09. The maximum absolute atomic E-state index is 12.8. The van der Waals surface area contributed by atoms with Crippen molar-refractivity contribution in [3.63, 3.8) is 0 Å². The molecule has 0 saturated heterocycles. The van der Waals surface area contributed by atoms with Crippen molar-refractivity contribution in [1.82, 2.24) is 9.55 Å². The zero-order valence-corrected chi connectivity index (χ0v) is 11.3. The summed E-state index contributed by atoms with van der Waals surface area (Å²) < 4.78 is 15.8. The Morgan fingerprint density at radius 3 is 2.44 bits per heavy atom. The molecule has 1 heterocycles. The molecule has 2 rings (SSSR count). The fourth-order valence-electron chi connectivity index (χ4n) is 1.58. The Kier molecular flexibility index (Phi) is 3.28. The predicted molar refractivity (Wildman–Crippen MR) is 70.3 cm³/mol. The second-order valence-electron chi connectivity index (χ2n) is 3.92.